The summed E-state index contributed by atoms with van der Waals surface area (Å²) in [6, 6.07) is 10.2. The third-order valence-electron chi connectivity index (χ3n) is 3.03. The summed E-state index contributed by atoms with van der Waals surface area (Å²) in [4.78, 5) is 15.7. The van der Waals surface area contributed by atoms with E-state index in [4.69, 9.17) is 16.0 Å². The lowest BCUT2D eigenvalue weighted by Gasteiger charge is -2.05. The van der Waals surface area contributed by atoms with E-state index in [1.165, 1.54) is 12.1 Å². The van der Waals surface area contributed by atoms with Crippen LogP contribution in [0.2, 0.25) is 5.02 Å². The maximum atomic E-state index is 11.5. The van der Waals surface area contributed by atoms with Crippen molar-refractivity contribution in [1.29, 1.82) is 0 Å². The summed E-state index contributed by atoms with van der Waals surface area (Å²) in [5.41, 5.74) is 1.53. The summed E-state index contributed by atoms with van der Waals surface area (Å²) in [6.07, 6.45) is 1.34. The largest absolute Gasteiger partial charge is 0.506 e. The van der Waals surface area contributed by atoms with E-state index in [9.17, 15) is 15.0 Å². The number of fused-ring (bicyclic) bond motifs is 1. The summed E-state index contributed by atoms with van der Waals surface area (Å²) < 4.78 is 6.05. The van der Waals surface area contributed by atoms with E-state index >= 15 is 0 Å². The van der Waals surface area contributed by atoms with Crippen LogP contribution in [0.25, 0.3) is 17.2 Å². The highest BCUT2D eigenvalue weighted by Gasteiger charge is 2.16. The van der Waals surface area contributed by atoms with E-state index in [-0.39, 0.29) is 15.9 Å². The fourth-order valence-electron chi connectivity index (χ4n) is 1.96. The van der Waals surface area contributed by atoms with Gasteiger partial charge in [-0.1, -0.05) is 23.7 Å². The summed E-state index contributed by atoms with van der Waals surface area (Å²) in [5, 5.41) is 20.1. The fourth-order valence-corrected chi connectivity index (χ4v) is 3.76. The van der Waals surface area contributed by atoms with E-state index in [1.54, 1.807) is 18.2 Å². The number of thioether (sulfide) groups is 1. The van der Waals surface area contributed by atoms with Crippen molar-refractivity contribution in [3.05, 3.63) is 55.5 Å². The van der Waals surface area contributed by atoms with Crippen molar-refractivity contribution >= 4 is 69.1 Å². The number of benzene rings is 2. The molecule has 0 bridgehead atoms. The highest BCUT2D eigenvalue weighted by molar-refractivity contribution is 14.1. The minimum atomic E-state index is -1.16. The first kappa shape index (κ1) is 17.1. The highest BCUT2D eigenvalue weighted by Crippen LogP contribution is 2.34. The zero-order valence-electron chi connectivity index (χ0n) is 11.9. The van der Waals surface area contributed by atoms with Crippen molar-refractivity contribution < 1.29 is 19.4 Å². The molecule has 3 aromatic rings. The van der Waals surface area contributed by atoms with Crippen molar-refractivity contribution in [2.75, 3.05) is 0 Å². The summed E-state index contributed by atoms with van der Waals surface area (Å²) in [7, 11) is 0. The van der Waals surface area contributed by atoms with Gasteiger partial charge in [-0.05, 0) is 64.7 Å². The zero-order chi connectivity index (χ0) is 17.3. The summed E-state index contributed by atoms with van der Waals surface area (Å²) in [5.74, 6) is -1.19. The number of oxazole rings is 1. The van der Waals surface area contributed by atoms with E-state index in [1.807, 2.05) is 34.7 Å². The van der Waals surface area contributed by atoms with Gasteiger partial charge in [-0.25, -0.2) is 9.78 Å². The number of hydrogen-bond donors (Lipinski definition) is 2. The van der Waals surface area contributed by atoms with Crippen molar-refractivity contribution in [3.63, 3.8) is 0 Å². The Bertz CT molecular complexity index is 937. The van der Waals surface area contributed by atoms with Crippen molar-refractivity contribution in [2.45, 2.75) is 5.22 Å². The molecule has 2 aromatic carbocycles. The predicted molar refractivity (Wildman–Crippen MR) is 101 cm³/mol. The third kappa shape index (κ3) is 3.68. The number of aliphatic carboxylic acids is 1. The fraction of sp³-hybridized carbons (Fsp3) is 0. The number of phenolic OH excluding ortho intramolecular Hbond substituents is 1. The van der Waals surface area contributed by atoms with Gasteiger partial charge in [0.05, 0.1) is 3.57 Å². The number of aromatic hydroxyl groups is 1. The molecule has 122 valence electrons. The van der Waals surface area contributed by atoms with Crippen LogP contribution in [-0.4, -0.2) is 21.2 Å². The molecule has 0 aliphatic heterocycles. The number of halogens is 2. The Morgan fingerprint density at radius 3 is 2.79 bits per heavy atom. The van der Waals surface area contributed by atoms with Gasteiger partial charge in [0, 0.05) is 10.6 Å². The first-order chi connectivity index (χ1) is 11.4. The van der Waals surface area contributed by atoms with Crippen LogP contribution in [0.4, 0.5) is 0 Å². The van der Waals surface area contributed by atoms with Gasteiger partial charge in [-0.3, -0.25) is 0 Å². The van der Waals surface area contributed by atoms with E-state index in [2.05, 4.69) is 4.98 Å². The lowest BCUT2D eigenvalue weighted by Crippen LogP contribution is -1.97. The maximum absolute atomic E-state index is 11.5. The Hall–Kier alpha value is -1.71. The second-order valence-corrected chi connectivity index (χ2v) is 7.28. The molecule has 0 radical (unpaired) electrons. The van der Waals surface area contributed by atoms with Crippen LogP contribution < -0.4 is 0 Å². The molecule has 0 saturated heterocycles. The Kier molecular flexibility index (Phi) is 5.02. The van der Waals surface area contributed by atoms with Gasteiger partial charge in [-0.2, -0.15) is 0 Å². The van der Waals surface area contributed by atoms with Gasteiger partial charge in [-0.15, -0.1) is 0 Å². The van der Waals surface area contributed by atoms with Gasteiger partial charge >= 0.3 is 5.97 Å². The molecule has 0 saturated carbocycles. The van der Waals surface area contributed by atoms with Crippen molar-refractivity contribution in [2.24, 2.45) is 0 Å². The topological polar surface area (TPSA) is 83.6 Å². The molecule has 24 heavy (non-hydrogen) atoms. The number of para-hydroxylation sites is 2. The molecule has 8 heteroatoms. The Labute approximate surface area is 159 Å². The molecule has 1 aromatic heterocycles. The number of rotatable bonds is 4. The monoisotopic (exact) mass is 473 g/mol. The molecule has 0 aliphatic rings. The van der Waals surface area contributed by atoms with Crippen LogP contribution in [0.3, 0.4) is 0 Å². The summed E-state index contributed by atoms with van der Waals surface area (Å²) in [6.45, 7) is 0. The van der Waals surface area contributed by atoms with Crippen LogP contribution in [0.5, 0.6) is 5.75 Å². The third-order valence-corrected chi connectivity index (χ3v) is 4.93. The van der Waals surface area contributed by atoms with Gasteiger partial charge in [0.2, 0.25) is 0 Å². The quantitative estimate of drug-likeness (QED) is 0.315. The van der Waals surface area contributed by atoms with Crippen molar-refractivity contribution in [3.8, 4) is 5.75 Å². The number of phenols is 1. The first-order valence-corrected chi connectivity index (χ1v) is 8.88. The second kappa shape index (κ2) is 7.04. The van der Waals surface area contributed by atoms with Crippen LogP contribution >= 0.6 is 46.0 Å². The average Bonchev–Trinajstić information content (AvgIpc) is 2.93. The van der Waals surface area contributed by atoms with Gasteiger partial charge in [0.25, 0.3) is 5.22 Å². The standard InChI is InChI=1S/C16H9ClINO4S/c17-9-5-8(14(20)10(18)7-9)6-13(15(21)22)24-16-19-11-3-1-2-4-12(11)23-16/h1-7,20H,(H,21,22)/b13-6-. The Balaban J connectivity index is 1.99. The van der Waals surface area contributed by atoms with Crippen molar-refractivity contribution in [1.82, 2.24) is 4.98 Å². The van der Waals surface area contributed by atoms with Crippen LogP contribution in [0, 0.1) is 3.57 Å². The number of carbonyl (C=O) groups is 1. The van der Waals surface area contributed by atoms with E-state index in [0.717, 1.165) is 11.8 Å². The molecule has 5 nitrogen and oxygen atoms in total. The first-order valence-electron chi connectivity index (χ1n) is 6.60. The molecule has 2 N–H and O–H groups in total. The SMILES string of the molecule is O=C(O)/C(=C/c1cc(Cl)cc(I)c1O)Sc1nc2ccccc2o1. The van der Waals surface area contributed by atoms with Crippen LogP contribution in [0.1, 0.15) is 5.56 Å². The molecule has 0 unspecified atom stereocenters. The molecule has 0 aliphatic carbocycles. The normalized spacial score (nSPS) is 11.8. The van der Waals surface area contributed by atoms with Gasteiger partial charge in [0.1, 0.15) is 16.2 Å². The Morgan fingerprint density at radius 2 is 2.08 bits per heavy atom. The predicted octanol–water partition coefficient (Wildman–Crippen LogP) is 5.01. The molecule has 0 fully saturated rings. The average molecular weight is 474 g/mol. The number of aromatic nitrogens is 1. The zero-order valence-corrected chi connectivity index (χ0v) is 15.6. The molecule has 0 spiro atoms. The Morgan fingerprint density at radius 1 is 1.33 bits per heavy atom. The van der Waals surface area contributed by atoms with E-state index < -0.39 is 5.97 Å². The highest BCUT2D eigenvalue weighted by atomic mass is 127. The number of carboxylic acid groups (broad SMARTS) is 1. The molecule has 0 amide bonds. The molecular weight excluding hydrogens is 465 g/mol. The smallest absolute Gasteiger partial charge is 0.342 e. The minimum absolute atomic E-state index is 0.0306. The number of nitrogens with zero attached hydrogens (tertiary/aromatic N) is 1. The summed E-state index contributed by atoms with van der Waals surface area (Å²) >= 11 is 8.76. The molecule has 3 rings (SSSR count). The number of carboxylic acids is 1. The van der Waals surface area contributed by atoms with Gasteiger partial charge in [0.15, 0.2) is 5.58 Å². The van der Waals surface area contributed by atoms with Crippen LogP contribution in [0.15, 0.2) is 50.9 Å². The molecule has 0 atom stereocenters. The lowest BCUT2D eigenvalue weighted by molar-refractivity contribution is -0.131. The molecular formula is C16H9ClINO4S. The second-order valence-electron chi connectivity index (χ2n) is 4.69. The van der Waals surface area contributed by atoms with Crippen LogP contribution in [-0.2, 0) is 4.79 Å². The molecule has 1 heterocycles. The van der Waals surface area contributed by atoms with E-state index in [0.29, 0.717) is 25.3 Å². The number of hydrogen-bond acceptors (Lipinski definition) is 5. The van der Waals surface area contributed by atoms with Gasteiger partial charge < -0.3 is 14.6 Å². The lowest BCUT2D eigenvalue weighted by atomic mass is 10.2. The minimum Gasteiger partial charge on any atom is -0.506 e. The maximum Gasteiger partial charge on any atom is 0.342 e.